The van der Waals surface area contributed by atoms with Gasteiger partial charge in [-0.15, -0.1) is 0 Å². The van der Waals surface area contributed by atoms with Gasteiger partial charge >= 0.3 is 0 Å². The minimum atomic E-state index is -2.89. The van der Waals surface area contributed by atoms with E-state index in [1.54, 1.807) is 0 Å². The Morgan fingerprint density at radius 3 is 2.68 bits per heavy atom. The van der Waals surface area contributed by atoms with Crippen LogP contribution >= 0.6 is 0 Å². The van der Waals surface area contributed by atoms with Gasteiger partial charge in [-0.1, -0.05) is 25.9 Å². The van der Waals surface area contributed by atoms with Gasteiger partial charge in [0.05, 0.1) is 11.5 Å². The molecule has 8 heteroatoms. The first-order chi connectivity index (χ1) is 10.2. The third-order valence-electron chi connectivity index (χ3n) is 3.62. The number of hydrogen-bond acceptors (Lipinski definition) is 6. The van der Waals surface area contributed by atoms with Gasteiger partial charge in [-0.05, 0) is 12.3 Å². The molecule has 7 nitrogen and oxygen atoms in total. The van der Waals surface area contributed by atoms with E-state index in [-0.39, 0.29) is 35.2 Å². The Morgan fingerprint density at radius 2 is 2.14 bits per heavy atom. The van der Waals surface area contributed by atoms with E-state index in [9.17, 15) is 13.2 Å². The molecule has 1 aliphatic rings. The van der Waals surface area contributed by atoms with Crippen molar-refractivity contribution in [3.8, 4) is 0 Å². The molecule has 1 fully saturated rings. The number of carbonyl (C=O) groups is 1. The molecule has 22 heavy (non-hydrogen) atoms. The van der Waals surface area contributed by atoms with Crippen LogP contribution in [0, 0.1) is 5.92 Å². The number of amides is 1. The van der Waals surface area contributed by atoms with Gasteiger partial charge in [-0.3, -0.25) is 4.79 Å². The molecule has 1 saturated heterocycles. The lowest BCUT2D eigenvalue weighted by Gasteiger charge is -2.10. The molecular formula is C14H23N3O4S. The maximum absolute atomic E-state index is 11.8. The molecule has 1 aromatic heterocycles. The van der Waals surface area contributed by atoms with Crippen LogP contribution in [-0.4, -0.2) is 42.5 Å². The zero-order chi connectivity index (χ0) is 16.4. The van der Waals surface area contributed by atoms with Crippen molar-refractivity contribution in [3.05, 3.63) is 11.7 Å². The van der Waals surface area contributed by atoms with Crippen LogP contribution in [-0.2, 0) is 26.5 Å². The minimum absolute atomic E-state index is 0.0323. The highest BCUT2D eigenvalue weighted by atomic mass is 32.2. The molecule has 2 rings (SSSR count). The summed E-state index contributed by atoms with van der Waals surface area (Å²) in [6.45, 7) is 6.38. The van der Waals surface area contributed by atoms with Crippen LogP contribution in [0.3, 0.4) is 0 Å². The van der Waals surface area contributed by atoms with Crippen LogP contribution in [0.15, 0.2) is 4.52 Å². The van der Waals surface area contributed by atoms with Gasteiger partial charge in [0, 0.05) is 24.8 Å². The van der Waals surface area contributed by atoms with E-state index < -0.39 is 9.84 Å². The minimum Gasteiger partial charge on any atom is -0.356 e. The molecule has 2 heterocycles. The lowest BCUT2D eigenvalue weighted by Crippen LogP contribution is -2.30. The monoisotopic (exact) mass is 329 g/mol. The van der Waals surface area contributed by atoms with Crippen molar-refractivity contribution in [2.24, 2.45) is 5.92 Å². The molecule has 0 aromatic carbocycles. The van der Waals surface area contributed by atoms with Gasteiger partial charge in [-0.2, -0.15) is 4.98 Å². The Balaban J connectivity index is 1.73. The molecule has 124 valence electrons. The average Bonchev–Trinajstić information content (AvgIpc) is 3.00. The van der Waals surface area contributed by atoms with Crippen molar-refractivity contribution in [2.45, 2.75) is 45.4 Å². The molecule has 1 N–H and O–H groups in total. The third kappa shape index (κ3) is 4.79. The van der Waals surface area contributed by atoms with Crippen LogP contribution in [0.4, 0.5) is 0 Å². The molecule has 0 spiro atoms. The van der Waals surface area contributed by atoms with Crippen LogP contribution in [0.25, 0.3) is 0 Å². The summed E-state index contributed by atoms with van der Waals surface area (Å²) in [6.07, 6.45) is 1.27. The summed E-state index contributed by atoms with van der Waals surface area (Å²) in [6, 6.07) is 0. The highest BCUT2D eigenvalue weighted by Gasteiger charge is 2.28. The number of carbonyl (C=O) groups excluding carboxylic acids is 1. The van der Waals surface area contributed by atoms with Crippen LogP contribution in [0.2, 0.25) is 0 Å². The summed E-state index contributed by atoms with van der Waals surface area (Å²) >= 11 is 0. The summed E-state index contributed by atoms with van der Waals surface area (Å²) < 4.78 is 27.8. The van der Waals surface area contributed by atoms with E-state index in [4.69, 9.17) is 4.52 Å². The molecule has 1 aliphatic heterocycles. The number of sulfone groups is 1. The van der Waals surface area contributed by atoms with Gasteiger partial charge < -0.3 is 9.84 Å². The normalized spacial score (nSPS) is 21.0. The van der Waals surface area contributed by atoms with E-state index in [2.05, 4.69) is 15.5 Å². The highest BCUT2D eigenvalue weighted by molar-refractivity contribution is 7.91. The molecule has 0 unspecified atom stereocenters. The van der Waals surface area contributed by atoms with Gasteiger partial charge in [0.15, 0.2) is 15.7 Å². The van der Waals surface area contributed by atoms with Crippen LogP contribution in [0.1, 0.15) is 45.3 Å². The zero-order valence-electron chi connectivity index (χ0n) is 13.3. The highest BCUT2D eigenvalue weighted by Crippen LogP contribution is 2.19. The Labute approximate surface area is 130 Å². The first kappa shape index (κ1) is 16.9. The summed E-state index contributed by atoms with van der Waals surface area (Å²) in [5.74, 6) is 1.38. The molecule has 0 bridgehead atoms. The number of aryl methyl sites for hydroxylation is 1. The first-order valence-electron chi connectivity index (χ1n) is 7.46. The average molecular weight is 329 g/mol. The smallest absolute Gasteiger partial charge is 0.227 e. The van der Waals surface area contributed by atoms with Crippen molar-refractivity contribution in [2.75, 3.05) is 18.1 Å². The second-order valence-electron chi connectivity index (χ2n) is 6.83. The fraction of sp³-hybridized carbons (Fsp3) is 0.786. The fourth-order valence-electron chi connectivity index (χ4n) is 2.26. The molecule has 0 saturated carbocycles. The zero-order valence-corrected chi connectivity index (χ0v) is 14.1. The molecule has 1 aromatic rings. The maximum atomic E-state index is 11.8. The first-order valence-corrected chi connectivity index (χ1v) is 9.28. The lowest BCUT2D eigenvalue weighted by molar-refractivity contribution is -0.121. The second kappa shape index (κ2) is 6.36. The summed E-state index contributed by atoms with van der Waals surface area (Å²) in [5, 5.41) is 6.68. The molecule has 1 amide bonds. The van der Waals surface area contributed by atoms with E-state index in [0.717, 1.165) is 0 Å². The summed E-state index contributed by atoms with van der Waals surface area (Å²) in [5.41, 5.74) is -0.183. The van der Waals surface area contributed by atoms with Crippen molar-refractivity contribution in [3.63, 3.8) is 0 Å². The number of hydrogen-bond donors (Lipinski definition) is 1. The number of nitrogens with zero attached hydrogens (tertiary/aromatic N) is 2. The molecular weight excluding hydrogens is 306 g/mol. The van der Waals surface area contributed by atoms with E-state index in [1.807, 2.05) is 20.8 Å². The van der Waals surface area contributed by atoms with Crippen LogP contribution in [0.5, 0.6) is 0 Å². The van der Waals surface area contributed by atoms with Crippen molar-refractivity contribution >= 4 is 15.7 Å². The van der Waals surface area contributed by atoms with Crippen molar-refractivity contribution < 1.29 is 17.7 Å². The summed E-state index contributed by atoms with van der Waals surface area (Å²) in [4.78, 5) is 16.1. The molecule has 0 radical (unpaired) electrons. The quantitative estimate of drug-likeness (QED) is 0.859. The topological polar surface area (TPSA) is 102 Å². The third-order valence-corrected chi connectivity index (χ3v) is 5.46. The predicted octanol–water partition coefficient (Wildman–Crippen LogP) is 0.851. The number of aromatic nitrogens is 2. The largest absolute Gasteiger partial charge is 0.356 e. The van der Waals surface area contributed by atoms with Crippen molar-refractivity contribution in [1.82, 2.24) is 15.5 Å². The molecule has 0 aliphatic carbocycles. The maximum Gasteiger partial charge on any atom is 0.227 e. The SMILES string of the molecule is CC(C)(C)c1noc(CCC(=O)NC[C@H]2CCS(=O)(=O)C2)n1. The fourth-order valence-corrected chi connectivity index (χ4v) is 4.12. The Hall–Kier alpha value is -1.44. The van der Waals surface area contributed by atoms with E-state index >= 15 is 0 Å². The molecule has 1 atom stereocenters. The number of rotatable bonds is 5. The standard InChI is InChI=1S/C14H23N3O4S/c1-14(2,3)13-16-12(21-17-13)5-4-11(18)15-8-10-6-7-22(19,20)9-10/h10H,4-9H2,1-3H3,(H,15,18)/t10-/m1/s1. The van der Waals surface area contributed by atoms with Crippen molar-refractivity contribution in [1.29, 1.82) is 0 Å². The summed E-state index contributed by atoms with van der Waals surface area (Å²) in [7, 11) is -2.89. The lowest BCUT2D eigenvalue weighted by atomic mass is 9.96. The van der Waals surface area contributed by atoms with Gasteiger partial charge in [0.2, 0.25) is 11.8 Å². The Kier molecular flexibility index (Phi) is 4.89. The van der Waals surface area contributed by atoms with E-state index in [1.165, 1.54) is 0 Å². The Morgan fingerprint density at radius 1 is 1.41 bits per heavy atom. The van der Waals surface area contributed by atoms with Gasteiger partial charge in [0.25, 0.3) is 0 Å². The van der Waals surface area contributed by atoms with Gasteiger partial charge in [-0.25, -0.2) is 8.42 Å². The van der Waals surface area contributed by atoms with E-state index in [0.29, 0.717) is 31.1 Å². The predicted molar refractivity (Wildman–Crippen MR) is 81.1 cm³/mol. The number of nitrogens with one attached hydrogen (secondary N) is 1. The Bertz CT molecular complexity index is 631. The van der Waals surface area contributed by atoms with Crippen LogP contribution < -0.4 is 5.32 Å². The van der Waals surface area contributed by atoms with Gasteiger partial charge in [0.1, 0.15) is 0 Å². The second-order valence-corrected chi connectivity index (χ2v) is 9.06.